The van der Waals surface area contributed by atoms with Gasteiger partial charge in [-0.05, 0) is 29.8 Å². The molecule has 2 aromatic rings. The Labute approximate surface area is 111 Å². The van der Waals surface area contributed by atoms with Gasteiger partial charge >= 0.3 is 6.09 Å². The summed E-state index contributed by atoms with van der Waals surface area (Å²) < 4.78 is 4.53. The average Bonchev–Trinajstić information content (AvgIpc) is 2.48. The van der Waals surface area contributed by atoms with Gasteiger partial charge in [0.2, 0.25) is 0 Å². The van der Waals surface area contributed by atoms with Crippen LogP contribution in [0.1, 0.15) is 0 Å². The number of rotatable bonds is 3. The van der Waals surface area contributed by atoms with Crippen molar-refractivity contribution in [3.8, 4) is 11.1 Å². The fourth-order valence-corrected chi connectivity index (χ4v) is 1.63. The molecule has 0 spiro atoms. The topological polar surface area (TPSA) is 63.2 Å². The Bertz CT molecular complexity index is 550. The first-order valence-corrected chi connectivity index (χ1v) is 5.82. The van der Waals surface area contributed by atoms with Crippen LogP contribution >= 0.6 is 0 Å². The second-order valence-corrected chi connectivity index (χ2v) is 3.88. The predicted molar refractivity (Wildman–Crippen MR) is 75.2 cm³/mol. The third-order valence-corrected chi connectivity index (χ3v) is 2.67. The molecule has 0 saturated carbocycles. The van der Waals surface area contributed by atoms with Gasteiger partial charge in [-0.2, -0.15) is 0 Å². The van der Waals surface area contributed by atoms with Crippen molar-refractivity contribution < 1.29 is 9.53 Å². The van der Waals surface area contributed by atoms with Crippen LogP contribution in [-0.4, -0.2) is 25.2 Å². The Balaban J connectivity index is 2.14. The minimum absolute atomic E-state index is 0.479. The molecule has 0 bridgehead atoms. The maximum atomic E-state index is 11.1. The predicted octanol–water partition coefficient (Wildman–Crippen LogP) is 2.97. The summed E-state index contributed by atoms with van der Waals surface area (Å²) in [6, 6.07) is 11.4. The highest BCUT2D eigenvalue weighted by molar-refractivity contribution is 5.85. The average molecular weight is 257 g/mol. The van der Waals surface area contributed by atoms with Crippen LogP contribution in [0.25, 0.3) is 11.1 Å². The van der Waals surface area contributed by atoms with E-state index in [1.165, 1.54) is 7.11 Å². The third kappa shape index (κ3) is 3.22. The summed E-state index contributed by atoms with van der Waals surface area (Å²) in [4.78, 5) is 15.3. The molecule has 0 aliphatic carbocycles. The van der Waals surface area contributed by atoms with Crippen molar-refractivity contribution in [2.45, 2.75) is 0 Å². The number of carbonyl (C=O) groups excluding carboxylic acids is 1. The zero-order valence-corrected chi connectivity index (χ0v) is 10.8. The summed E-state index contributed by atoms with van der Waals surface area (Å²) in [5.41, 5.74) is 2.74. The molecule has 5 heteroatoms. The number of nitrogens with zero attached hydrogens (tertiary/aromatic N) is 1. The third-order valence-electron chi connectivity index (χ3n) is 2.67. The highest BCUT2D eigenvalue weighted by Gasteiger charge is 2.02. The number of anilines is 2. The minimum Gasteiger partial charge on any atom is -0.453 e. The van der Waals surface area contributed by atoms with Crippen molar-refractivity contribution in [1.29, 1.82) is 0 Å². The Hall–Kier alpha value is -2.56. The lowest BCUT2D eigenvalue weighted by atomic mass is 10.1. The van der Waals surface area contributed by atoms with Crippen molar-refractivity contribution in [1.82, 2.24) is 4.98 Å². The molecular weight excluding hydrogens is 242 g/mol. The highest BCUT2D eigenvalue weighted by atomic mass is 16.5. The van der Waals surface area contributed by atoms with Crippen molar-refractivity contribution in [3.63, 3.8) is 0 Å². The van der Waals surface area contributed by atoms with Crippen molar-refractivity contribution in [3.05, 3.63) is 42.6 Å². The Kier molecular flexibility index (Phi) is 3.97. The molecule has 2 rings (SSSR count). The maximum Gasteiger partial charge on any atom is 0.411 e. The molecule has 1 aromatic heterocycles. The normalized spacial score (nSPS) is 9.79. The van der Waals surface area contributed by atoms with Crippen LogP contribution in [0.5, 0.6) is 0 Å². The zero-order chi connectivity index (χ0) is 13.7. The Morgan fingerprint density at radius 3 is 2.32 bits per heavy atom. The van der Waals surface area contributed by atoms with Gasteiger partial charge in [-0.1, -0.05) is 12.1 Å². The number of aromatic nitrogens is 1. The monoisotopic (exact) mass is 257 g/mol. The molecule has 0 saturated heterocycles. The van der Waals surface area contributed by atoms with Gasteiger partial charge in [0.25, 0.3) is 0 Å². The van der Waals surface area contributed by atoms with E-state index in [9.17, 15) is 4.79 Å². The summed E-state index contributed by atoms with van der Waals surface area (Å²) >= 11 is 0. The summed E-state index contributed by atoms with van der Waals surface area (Å²) in [5, 5.41) is 5.57. The molecule has 0 aliphatic heterocycles. The molecule has 19 heavy (non-hydrogen) atoms. The van der Waals surface area contributed by atoms with Crippen LogP contribution < -0.4 is 10.6 Å². The molecule has 5 nitrogen and oxygen atoms in total. The van der Waals surface area contributed by atoms with Crippen LogP contribution in [0.2, 0.25) is 0 Å². The van der Waals surface area contributed by atoms with E-state index in [-0.39, 0.29) is 0 Å². The van der Waals surface area contributed by atoms with Gasteiger partial charge in [0, 0.05) is 24.5 Å². The molecule has 1 heterocycles. The fraction of sp³-hybridized carbons (Fsp3) is 0.143. The Morgan fingerprint density at radius 2 is 1.79 bits per heavy atom. The summed E-state index contributed by atoms with van der Waals surface area (Å²) in [5.74, 6) is 0.827. The SMILES string of the molecule is CNc1ccc(-c2ccc(NC(=O)OC)cc2)cn1. The van der Waals surface area contributed by atoms with E-state index in [4.69, 9.17) is 0 Å². The lowest BCUT2D eigenvalue weighted by Crippen LogP contribution is -2.10. The number of ether oxygens (including phenoxy) is 1. The second-order valence-electron chi connectivity index (χ2n) is 3.88. The van der Waals surface area contributed by atoms with Gasteiger partial charge < -0.3 is 10.1 Å². The van der Waals surface area contributed by atoms with Gasteiger partial charge in [-0.15, -0.1) is 0 Å². The minimum atomic E-state index is -0.479. The molecular formula is C14H15N3O2. The molecule has 1 amide bonds. The van der Waals surface area contributed by atoms with Crippen LogP contribution in [0.3, 0.4) is 0 Å². The standard InChI is InChI=1S/C14H15N3O2/c1-15-13-8-5-11(9-16-13)10-3-6-12(7-4-10)17-14(18)19-2/h3-9H,1-2H3,(H,15,16)(H,17,18). The van der Waals surface area contributed by atoms with E-state index in [2.05, 4.69) is 20.4 Å². The molecule has 0 radical (unpaired) electrons. The maximum absolute atomic E-state index is 11.1. The van der Waals surface area contributed by atoms with Crippen molar-refractivity contribution >= 4 is 17.6 Å². The fourth-order valence-electron chi connectivity index (χ4n) is 1.63. The summed E-state index contributed by atoms with van der Waals surface area (Å²) in [6.45, 7) is 0. The van der Waals surface area contributed by atoms with E-state index >= 15 is 0 Å². The molecule has 0 atom stereocenters. The zero-order valence-electron chi connectivity index (χ0n) is 10.8. The summed E-state index contributed by atoms with van der Waals surface area (Å²) in [6.07, 6.45) is 1.32. The molecule has 0 aliphatic rings. The molecule has 2 N–H and O–H groups in total. The van der Waals surface area contributed by atoms with Crippen LogP contribution in [0, 0.1) is 0 Å². The molecule has 1 aromatic carbocycles. The quantitative estimate of drug-likeness (QED) is 0.887. The lowest BCUT2D eigenvalue weighted by molar-refractivity contribution is 0.187. The first kappa shape index (κ1) is 12.9. The van der Waals surface area contributed by atoms with Gasteiger partial charge in [-0.3, -0.25) is 5.32 Å². The van der Waals surface area contributed by atoms with Gasteiger partial charge in [0.1, 0.15) is 5.82 Å². The number of hydrogen-bond acceptors (Lipinski definition) is 4. The summed E-state index contributed by atoms with van der Waals surface area (Å²) in [7, 11) is 3.16. The number of amides is 1. The van der Waals surface area contributed by atoms with Gasteiger partial charge in [-0.25, -0.2) is 9.78 Å². The van der Waals surface area contributed by atoms with E-state index < -0.39 is 6.09 Å². The smallest absolute Gasteiger partial charge is 0.411 e. The largest absolute Gasteiger partial charge is 0.453 e. The Morgan fingerprint density at radius 1 is 1.11 bits per heavy atom. The second kappa shape index (κ2) is 5.86. The van der Waals surface area contributed by atoms with Gasteiger partial charge in [0.05, 0.1) is 7.11 Å². The first-order valence-electron chi connectivity index (χ1n) is 5.82. The molecule has 0 fully saturated rings. The number of pyridine rings is 1. The molecule has 98 valence electrons. The molecule has 0 unspecified atom stereocenters. The van der Waals surface area contributed by atoms with Gasteiger partial charge in [0.15, 0.2) is 0 Å². The number of benzene rings is 1. The lowest BCUT2D eigenvalue weighted by Gasteiger charge is -2.06. The number of carbonyl (C=O) groups is 1. The number of methoxy groups -OCH3 is 1. The van der Waals surface area contributed by atoms with E-state index in [0.29, 0.717) is 5.69 Å². The highest BCUT2D eigenvalue weighted by Crippen LogP contribution is 2.21. The van der Waals surface area contributed by atoms with Crippen LogP contribution in [0.15, 0.2) is 42.6 Å². The van der Waals surface area contributed by atoms with E-state index in [1.807, 2.05) is 43.4 Å². The van der Waals surface area contributed by atoms with Crippen LogP contribution in [-0.2, 0) is 4.74 Å². The number of nitrogens with one attached hydrogen (secondary N) is 2. The first-order chi connectivity index (χ1) is 9.22. The van der Waals surface area contributed by atoms with Crippen molar-refractivity contribution in [2.24, 2.45) is 0 Å². The van der Waals surface area contributed by atoms with E-state index in [0.717, 1.165) is 16.9 Å². The number of hydrogen-bond donors (Lipinski definition) is 2. The van der Waals surface area contributed by atoms with E-state index in [1.54, 1.807) is 6.20 Å². The van der Waals surface area contributed by atoms with Crippen molar-refractivity contribution in [2.75, 3.05) is 24.8 Å². The van der Waals surface area contributed by atoms with Crippen LogP contribution in [0.4, 0.5) is 16.3 Å².